The number of aromatic carboxylic acids is 2. The summed E-state index contributed by atoms with van der Waals surface area (Å²) in [6.07, 6.45) is 1.20. The quantitative estimate of drug-likeness (QED) is 0.106. The molecule has 2 aromatic rings. The van der Waals surface area contributed by atoms with E-state index in [9.17, 15) is 39.0 Å². The van der Waals surface area contributed by atoms with Crippen LogP contribution in [0.1, 0.15) is 81.0 Å². The standard InChI is InChI=1S/C38H44O14/c1-23(2)35(43)49-21-27(51-37(45)31-11-7-5-9-29(31)33(39)40)19-47-17-25-13-15-26(16-14-25)18-48-20-28(22-50-36(44)24(3)4)52-38(46)32-12-8-6-10-30(32)34(41)42/h5-12,25-28H,1,3,13-22H2,2,4H3,(H,39,40)(H,41,42). The summed E-state index contributed by atoms with van der Waals surface area (Å²) in [5.74, 6) is -5.35. The van der Waals surface area contributed by atoms with Crippen LogP contribution in [-0.2, 0) is 38.0 Å². The lowest BCUT2D eigenvalue weighted by Crippen LogP contribution is -2.32. The van der Waals surface area contributed by atoms with Crippen LogP contribution in [0.4, 0.5) is 0 Å². The predicted molar refractivity (Wildman–Crippen MR) is 184 cm³/mol. The molecule has 2 unspecified atom stereocenters. The highest BCUT2D eigenvalue weighted by Gasteiger charge is 2.27. The molecule has 1 aliphatic rings. The fourth-order valence-electron chi connectivity index (χ4n) is 5.24. The second-order valence-corrected chi connectivity index (χ2v) is 12.5. The lowest BCUT2D eigenvalue weighted by molar-refractivity contribution is -0.144. The largest absolute Gasteiger partial charge is 0.478 e. The van der Waals surface area contributed by atoms with E-state index in [1.54, 1.807) is 0 Å². The average Bonchev–Trinajstić information content (AvgIpc) is 3.12. The lowest BCUT2D eigenvalue weighted by Gasteiger charge is -2.29. The van der Waals surface area contributed by atoms with Crippen LogP contribution in [0, 0.1) is 11.8 Å². The normalized spacial score (nSPS) is 16.4. The SMILES string of the molecule is C=C(C)C(=O)OCC(COCC1CCC(COCC(COC(=O)C(=C)C)OC(=O)c2ccccc2C(=O)O)CC1)OC(=O)c1ccccc1C(=O)O. The Hall–Kier alpha value is -5.34. The lowest BCUT2D eigenvalue weighted by atomic mass is 9.83. The van der Waals surface area contributed by atoms with E-state index in [0.29, 0.717) is 13.2 Å². The van der Waals surface area contributed by atoms with Crippen LogP contribution in [0.25, 0.3) is 0 Å². The van der Waals surface area contributed by atoms with Gasteiger partial charge in [-0.05, 0) is 75.6 Å². The number of carboxylic acids is 2. The highest BCUT2D eigenvalue weighted by Crippen LogP contribution is 2.29. The fourth-order valence-corrected chi connectivity index (χ4v) is 5.24. The van der Waals surface area contributed by atoms with Gasteiger partial charge >= 0.3 is 35.8 Å². The molecular weight excluding hydrogens is 680 g/mol. The van der Waals surface area contributed by atoms with Crippen molar-refractivity contribution in [2.45, 2.75) is 51.7 Å². The molecule has 14 nitrogen and oxygen atoms in total. The molecule has 52 heavy (non-hydrogen) atoms. The minimum atomic E-state index is -1.29. The van der Waals surface area contributed by atoms with Crippen molar-refractivity contribution in [3.8, 4) is 0 Å². The van der Waals surface area contributed by atoms with Crippen LogP contribution in [-0.4, -0.2) is 97.9 Å². The number of hydrogen-bond donors (Lipinski definition) is 2. The van der Waals surface area contributed by atoms with Crippen molar-refractivity contribution in [1.82, 2.24) is 0 Å². The molecule has 1 saturated carbocycles. The molecule has 3 rings (SSSR count). The molecule has 280 valence electrons. The maximum absolute atomic E-state index is 12.9. The summed E-state index contributed by atoms with van der Waals surface area (Å²) < 4.78 is 33.1. The summed E-state index contributed by atoms with van der Waals surface area (Å²) in [7, 11) is 0. The Labute approximate surface area is 301 Å². The fraction of sp³-hybridized carbons (Fsp3) is 0.421. The Bertz CT molecular complexity index is 1500. The topological polar surface area (TPSA) is 198 Å². The second kappa shape index (κ2) is 20.5. The van der Waals surface area contributed by atoms with Gasteiger partial charge in [0.1, 0.15) is 13.2 Å². The first-order valence-corrected chi connectivity index (χ1v) is 16.6. The molecule has 1 fully saturated rings. The van der Waals surface area contributed by atoms with Gasteiger partial charge in [-0.1, -0.05) is 37.4 Å². The zero-order chi connectivity index (χ0) is 38.2. The van der Waals surface area contributed by atoms with Crippen LogP contribution in [0.3, 0.4) is 0 Å². The molecule has 2 atom stereocenters. The molecule has 1 aliphatic carbocycles. The molecule has 0 radical (unpaired) electrons. The van der Waals surface area contributed by atoms with Gasteiger partial charge in [0.05, 0.1) is 35.5 Å². The van der Waals surface area contributed by atoms with Crippen molar-refractivity contribution in [2.75, 3.05) is 39.6 Å². The number of carboxylic acid groups (broad SMARTS) is 2. The van der Waals surface area contributed by atoms with Crippen molar-refractivity contribution in [2.24, 2.45) is 11.8 Å². The molecule has 2 N–H and O–H groups in total. The van der Waals surface area contributed by atoms with E-state index in [1.807, 2.05) is 0 Å². The Morgan fingerprint density at radius 3 is 1.23 bits per heavy atom. The summed E-state index contributed by atoms with van der Waals surface area (Å²) >= 11 is 0. The zero-order valence-corrected chi connectivity index (χ0v) is 29.2. The Kier molecular flexibility index (Phi) is 16.2. The van der Waals surface area contributed by atoms with Crippen LogP contribution in [0.15, 0.2) is 72.8 Å². The van der Waals surface area contributed by atoms with Crippen LogP contribution in [0.5, 0.6) is 0 Å². The number of esters is 4. The Balaban J connectivity index is 1.49. The van der Waals surface area contributed by atoms with Gasteiger partial charge < -0.3 is 38.6 Å². The van der Waals surface area contributed by atoms with E-state index >= 15 is 0 Å². The van der Waals surface area contributed by atoms with E-state index in [4.69, 9.17) is 28.4 Å². The Morgan fingerprint density at radius 1 is 0.596 bits per heavy atom. The highest BCUT2D eigenvalue weighted by atomic mass is 16.6. The third kappa shape index (κ3) is 13.1. The van der Waals surface area contributed by atoms with Crippen molar-refractivity contribution >= 4 is 35.8 Å². The molecule has 0 aliphatic heterocycles. The zero-order valence-electron chi connectivity index (χ0n) is 29.2. The predicted octanol–water partition coefficient (Wildman–Crippen LogP) is 4.91. The minimum absolute atomic E-state index is 0.0967. The van der Waals surface area contributed by atoms with E-state index < -0.39 is 48.0 Å². The van der Waals surface area contributed by atoms with Gasteiger partial charge in [-0.15, -0.1) is 0 Å². The Morgan fingerprint density at radius 2 is 0.923 bits per heavy atom. The number of carbonyl (C=O) groups is 6. The molecule has 14 heteroatoms. The van der Waals surface area contributed by atoms with Crippen molar-refractivity contribution < 1.29 is 67.4 Å². The number of ether oxygens (including phenoxy) is 6. The van der Waals surface area contributed by atoms with Gasteiger partial charge in [-0.2, -0.15) is 0 Å². The molecule has 0 saturated heterocycles. The van der Waals surface area contributed by atoms with E-state index in [-0.39, 0.29) is 71.7 Å². The average molecular weight is 725 g/mol. The van der Waals surface area contributed by atoms with Crippen LogP contribution in [0.2, 0.25) is 0 Å². The third-order valence-corrected chi connectivity index (χ3v) is 8.08. The number of rotatable bonds is 20. The molecular formula is C38H44O14. The molecule has 0 spiro atoms. The monoisotopic (exact) mass is 724 g/mol. The molecule has 0 bridgehead atoms. The van der Waals surface area contributed by atoms with Crippen LogP contribution < -0.4 is 0 Å². The summed E-state index contributed by atoms with van der Waals surface area (Å²) in [5, 5.41) is 18.9. The smallest absolute Gasteiger partial charge is 0.339 e. The summed E-state index contributed by atoms with van der Waals surface area (Å²) in [6.45, 7) is 9.88. The first-order valence-electron chi connectivity index (χ1n) is 16.6. The van der Waals surface area contributed by atoms with Gasteiger partial charge in [0.2, 0.25) is 0 Å². The first kappa shape index (κ1) is 41.1. The molecule has 0 heterocycles. The number of hydrogen-bond acceptors (Lipinski definition) is 12. The minimum Gasteiger partial charge on any atom is -0.478 e. The summed E-state index contributed by atoms with van der Waals surface area (Å²) in [6, 6.07) is 11.2. The summed E-state index contributed by atoms with van der Waals surface area (Å²) in [5.41, 5.74) is -0.424. The molecule has 0 aromatic heterocycles. The van der Waals surface area contributed by atoms with Crippen molar-refractivity contribution in [3.63, 3.8) is 0 Å². The van der Waals surface area contributed by atoms with E-state index in [1.165, 1.54) is 62.4 Å². The second-order valence-electron chi connectivity index (χ2n) is 12.5. The first-order chi connectivity index (χ1) is 24.8. The number of carbonyl (C=O) groups excluding carboxylic acids is 4. The molecule has 0 amide bonds. The van der Waals surface area contributed by atoms with Crippen molar-refractivity contribution in [1.29, 1.82) is 0 Å². The number of benzene rings is 2. The third-order valence-electron chi connectivity index (χ3n) is 8.08. The van der Waals surface area contributed by atoms with E-state index in [2.05, 4.69) is 13.2 Å². The van der Waals surface area contributed by atoms with Gasteiger partial charge in [0.15, 0.2) is 12.2 Å². The molecule has 2 aromatic carbocycles. The highest BCUT2D eigenvalue weighted by molar-refractivity contribution is 6.03. The van der Waals surface area contributed by atoms with Gasteiger partial charge in [0, 0.05) is 24.4 Å². The maximum Gasteiger partial charge on any atom is 0.339 e. The van der Waals surface area contributed by atoms with Crippen LogP contribution >= 0.6 is 0 Å². The summed E-state index contributed by atoms with van der Waals surface area (Å²) in [4.78, 5) is 72.8. The van der Waals surface area contributed by atoms with Gasteiger partial charge in [0.25, 0.3) is 0 Å². The van der Waals surface area contributed by atoms with E-state index in [0.717, 1.165) is 25.7 Å². The van der Waals surface area contributed by atoms with Gasteiger partial charge in [-0.25, -0.2) is 28.8 Å². The van der Waals surface area contributed by atoms with Crippen molar-refractivity contribution in [3.05, 3.63) is 95.1 Å². The van der Waals surface area contributed by atoms with Gasteiger partial charge in [-0.3, -0.25) is 0 Å². The maximum atomic E-state index is 12.9.